The lowest BCUT2D eigenvalue weighted by Crippen LogP contribution is -2.53. The highest BCUT2D eigenvalue weighted by atomic mass is 15.1. The topological polar surface area (TPSA) is 24.1 Å². The van der Waals surface area contributed by atoms with Crippen LogP contribution in [0.1, 0.15) is 34.1 Å². The zero-order valence-electron chi connectivity index (χ0n) is 8.12. The predicted octanol–water partition coefficient (Wildman–Crippen LogP) is 1.13. The van der Waals surface area contributed by atoms with Crippen LogP contribution < -0.4 is 10.6 Å². The van der Waals surface area contributed by atoms with Gasteiger partial charge in [-0.25, -0.2) is 0 Å². The standard InChI is InChI=1S/C9H20N2/c1-8(2)5-6-10-7-9(3,4)11-8/h10-11H,5-7H2,1-4H3. The molecule has 0 aromatic carbocycles. The molecule has 11 heavy (non-hydrogen) atoms. The third-order valence-corrected chi connectivity index (χ3v) is 2.17. The van der Waals surface area contributed by atoms with Crippen molar-refractivity contribution in [1.82, 2.24) is 10.6 Å². The van der Waals surface area contributed by atoms with E-state index >= 15 is 0 Å². The maximum absolute atomic E-state index is 3.63. The SMILES string of the molecule is CC1(C)CCNCC(C)(C)N1. The second-order valence-electron chi connectivity index (χ2n) is 4.82. The molecule has 2 N–H and O–H groups in total. The van der Waals surface area contributed by atoms with E-state index in [0.29, 0.717) is 0 Å². The van der Waals surface area contributed by atoms with Crippen molar-refractivity contribution in [2.75, 3.05) is 13.1 Å². The molecule has 66 valence electrons. The molecule has 0 aromatic heterocycles. The van der Waals surface area contributed by atoms with Crippen molar-refractivity contribution in [2.24, 2.45) is 0 Å². The minimum atomic E-state index is 0.236. The molecule has 0 atom stereocenters. The molecule has 0 amide bonds. The summed E-state index contributed by atoms with van der Waals surface area (Å²) in [5.74, 6) is 0. The number of rotatable bonds is 0. The van der Waals surface area contributed by atoms with E-state index in [1.807, 2.05) is 0 Å². The highest BCUT2D eigenvalue weighted by Crippen LogP contribution is 2.16. The number of hydrogen-bond acceptors (Lipinski definition) is 2. The quantitative estimate of drug-likeness (QED) is 0.549. The summed E-state index contributed by atoms with van der Waals surface area (Å²) in [5.41, 5.74) is 0.521. The molecule has 0 radical (unpaired) electrons. The monoisotopic (exact) mass is 156 g/mol. The van der Waals surface area contributed by atoms with Gasteiger partial charge in [0.15, 0.2) is 0 Å². The zero-order valence-corrected chi connectivity index (χ0v) is 8.12. The van der Waals surface area contributed by atoms with Crippen LogP contribution in [0.3, 0.4) is 0 Å². The molecule has 2 heteroatoms. The Hall–Kier alpha value is -0.0800. The smallest absolute Gasteiger partial charge is 0.0254 e. The molecule has 1 aliphatic heterocycles. The van der Waals surface area contributed by atoms with Gasteiger partial charge in [0.1, 0.15) is 0 Å². The first-order valence-electron chi connectivity index (χ1n) is 4.41. The molecule has 1 saturated heterocycles. The van der Waals surface area contributed by atoms with Crippen LogP contribution in [-0.4, -0.2) is 24.2 Å². The summed E-state index contributed by atoms with van der Waals surface area (Å²) in [7, 11) is 0. The Morgan fingerprint density at radius 2 is 1.64 bits per heavy atom. The van der Waals surface area contributed by atoms with Gasteiger partial charge in [0.2, 0.25) is 0 Å². The lowest BCUT2D eigenvalue weighted by Gasteiger charge is -2.33. The van der Waals surface area contributed by atoms with E-state index in [4.69, 9.17) is 0 Å². The number of hydrogen-bond donors (Lipinski definition) is 2. The molecule has 1 heterocycles. The molecular formula is C9H20N2. The Balaban J connectivity index is 2.62. The third-order valence-electron chi connectivity index (χ3n) is 2.17. The van der Waals surface area contributed by atoms with Crippen molar-refractivity contribution in [3.05, 3.63) is 0 Å². The van der Waals surface area contributed by atoms with Crippen LogP contribution in [0.15, 0.2) is 0 Å². The van der Waals surface area contributed by atoms with Gasteiger partial charge >= 0.3 is 0 Å². The lowest BCUT2D eigenvalue weighted by atomic mass is 9.96. The molecule has 0 unspecified atom stereocenters. The van der Waals surface area contributed by atoms with Crippen molar-refractivity contribution >= 4 is 0 Å². The first kappa shape index (κ1) is 9.01. The summed E-state index contributed by atoms with van der Waals surface area (Å²) in [5, 5.41) is 7.06. The Kier molecular flexibility index (Phi) is 2.26. The summed E-state index contributed by atoms with van der Waals surface area (Å²) in [6.07, 6.45) is 1.20. The Morgan fingerprint density at radius 1 is 1.00 bits per heavy atom. The molecule has 0 aromatic rings. The fraction of sp³-hybridized carbons (Fsp3) is 1.00. The molecule has 0 saturated carbocycles. The van der Waals surface area contributed by atoms with Crippen molar-refractivity contribution in [2.45, 2.75) is 45.2 Å². The largest absolute Gasteiger partial charge is 0.315 e. The van der Waals surface area contributed by atoms with E-state index < -0.39 is 0 Å². The van der Waals surface area contributed by atoms with Crippen LogP contribution in [0.2, 0.25) is 0 Å². The average Bonchev–Trinajstić information content (AvgIpc) is 1.86. The van der Waals surface area contributed by atoms with Gasteiger partial charge < -0.3 is 10.6 Å². The zero-order chi connectivity index (χ0) is 8.54. The molecule has 0 spiro atoms. The highest BCUT2D eigenvalue weighted by Gasteiger charge is 2.29. The number of nitrogens with one attached hydrogen (secondary N) is 2. The molecule has 1 rings (SSSR count). The maximum Gasteiger partial charge on any atom is 0.0254 e. The molecule has 0 aliphatic carbocycles. The van der Waals surface area contributed by atoms with Gasteiger partial charge in [-0.2, -0.15) is 0 Å². The minimum absolute atomic E-state index is 0.236. The minimum Gasteiger partial charge on any atom is -0.315 e. The molecule has 1 fully saturated rings. The van der Waals surface area contributed by atoms with E-state index in [-0.39, 0.29) is 11.1 Å². The summed E-state index contributed by atoms with van der Waals surface area (Å²) >= 11 is 0. The van der Waals surface area contributed by atoms with E-state index in [0.717, 1.165) is 13.1 Å². The summed E-state index contributed by atoms with van der Waals surface area (Å²) in [6, 6.07) is 0. The molecular weight excluding hydrogens is 136 g/mol. The normalized spacial score (nSPS) is 29.5. The first-order valence-corrected chi connectivity index (χ1v) is 4.41. The van der Waals surface area contributed by atoms with Gasteiger partial charge in [0.05, 0.1) is 0 Å². The Bertz CT molecular complexity index is 122. The third kappa shape index (κ3) is 2.80. The molecule has 1 aliphatic rings. The fourth-order valence-electron chi connectivity index (χ4n) is 1.82. The van der Waals surface area contributed by atoms with Crippen molar-refractivity contribution < 1.29 is 0 Å². The van der Waals surface area contributed by atoms with Crippen molar-refractivity contribution in [1.29, 1.82) is 0 Å². The van der Waals surface area contributed by atoms with E-state index in [9.17, 15) is 0 Å². The van der Waals surface area contributed by atoms with Crippen LogP contribution in [0.5, 0.6) is 0 Å². The van der Waals surface area contributed by atoms with Gasteiger partial charge in [-0.15, -0.1) is 0 Å². The second kappa shape index (κ2) is 2.76. The Morgan fingerprint density at radius 3 is 2.27 bits per heavy atom. The molecule has 0 bridgehead atoms. The van der Waals surface area contributed by atoms with Gasteiger partial charge in [-0.1, -0.05) is 0 Å². The Labute approximate surface area is 69.8 Å². The van der Waals surface area contributed by atoms with Gasteiger partial charge in [-0.05, 0) is 40.7 Å². The van der Waals surface area contributed by atoms with E-state index in [2.05, 4.69) is 38.3 Å². The van der Waals surface area contributed by atoms with Gasteiger partial charge in [-0.3, -0.25) is 0 Å². The maximum atomic E-state index is 3.63. The lowest BCUT2D eigenvalue weighted by molar-refractivity contribution is 0.282. The highest BCUT2D eigenvalue weighted by molar-refractivity contribution is 4.92. The van der Waals surface area contributed by atoms with Gasteiger partial charge in [0.25, 0.3) is 0 Å². The van der Waals surface area contributed by atoms with Crippen molar-refractivity contribution in [3.8, 4) is 0 Å². The van der Waals surface area contributed by atoms with Crippen molar-refractivity contribution in [3.63, 3.8) is 0 Å². The van der Waals surface area contributed by atoms with Crippen LogP contribution in [0.25, 0.3) is 0 Å². The van der Waals surface area contributed by atoms with Gasteiger partial charge in [0, 0.05) is 17.6 Å². The predicted molar refractivity (Wildman–Crippen MR) is 48.8 cm³/mol. The van der Waals surface area contributed by atoms with E-state index in [1.54, 1.807) is 0 Å². The van der Waals surface area contributed by atoms with Crippen LogP contribution in [0.4, 0.5) is 0 Å². The summed E-state index contributed by atoms with van der Waals surface area (Å²) in [6.45, 7) is 11.2. The van der Waals surface area contributed by atoms with Crippen LogP contribution in [0, 0.1) is 0 Å². The fourth-order valence-corrected chi connectivity index (χ4v) is 1.82. The average molecular weight is 156 g/mol. The van der Waals surface area contributed by atoms with E-state index in [1.165, 1.54) is 6.42 Å². The van der Waals surface area contributed by atoms with Crippen LogP contribution >= 0.6 is 0 Å². The summed E-state index contributed by atoms with van der Waals surface area (Å²) < 4.78 is 0. The second-order valence-corrected chi connectivity index (χ2v) is 4.82. The van der Waals surface area contributed by atoms with Crippen LogP contribution in [-0.2, 0) is 0 Å². The molecule has 2 nitrogen and oxygen atoms in total. The summed E-state index contributed by atoms with van der Waals surface area (Å²) in [4.78, 5) is 0. The first-order chi connectivity index (χ1) is 4.91.